The molecule has 0 saturated carbocycles. The van der Waals surface area contributed by atoms with Crippen LogP contribution in [0.3, 0.4) is 0 Å². The summed E-state index contributed by atoms with van der Waals surface area (Å²) in [7, 11) is 0. The summed E-state index contributed by atoms with van der Waals surface area (Å²) in [5, 5.41) is 0. The molecule has 0 rings (SSSR count). The summed E-state index contributed by atoms with van der Waals surface area (Å²) in [5.41, 5.74) is 8.64. The first kappa shape index (κ1) is 9.34. The average Bonchev–Trinajstić information content (AvgIpc) is 1.33. The number of primary amides is 2. The largest absolute Gasteiger partial charge is 0.372 e. The van der Waals surface area contributed by atoms with Gasteiger partial charge in [0, 0.05) is 6.92 Å². The zero-order valence-electron chi connectivity index (χ0n) is 4.05. The molecule has 0 radical (unpaired) electrons. The van der Waals surface area contributed by atoms with Gasteiger partial charge in [-0.1, -0.05) is 0 Å². The van der Waals surface area contributed by atoms with Crippen LogP contribution in [0.4, 0.5) is 0 Å². The number of hydrogen-bond donors (Lipinski definition) is 2. The van der Waals surface area contributed by atoms with Crippen LogP contribution >= 0.6 is 0 Å². The monoisotopic (exact) mass is 104 g/mol. The van der Waals surface area contributed by atoms with Crippen LogP contribution in [0, 0.1) is 0 Å². The van der Waals surface area contributed by atoms with E-state index in [1.807, 2.05) is 0 Å². The summed E-state index contributed by atoms with van der Waals surface area (Å²) in [6.45, 7) is 1.31. The van der Waals surface area contributed by atoms with Crippen molar-refractivity contribution >= 4 is 12.3 Å². The predicted molar refractivity (Wildman–Crippen MR) is 25.1 cm³/mol. The first-order valence-electron chi connectivity index (χ1n) is 1.56. The highest BCUT2D eigenvalue weighted by molar-refractivity contribution is 5.70. The molecule has 0 unspecified atom stereocenters. The third-order valence-corrected chi connectivity index (χ3v) is 0. The molecule has 0 fully saturated rings. The fraction of sp³-hybridized carbons (Fsp3) is 0.333. The van der Waals surface area contributed by atoms with Crippen LogP contribution in [0.1, 0.15) is 6.92 Å². The SMILES string of the molecule is CC(N)=O.NC=O. The number of nitrogens with two attached hydrogens (primary N) is 2. The fourth-order valence-corrected chi connectivity index (χ4v) is 0. The highest BCUT2D eigenvalue weighted by atomic mass is 16.1. The molecule has 0 saturated heterocycles. The lowest BCUT2D eigenvalue weighted by Gasteiger charge is -1.60. The third kappa shape index (κ3) is 38.0. The molecule has 0 aliphatic carbocycles. The molecule has 0 bridgehead atoms. The van der Waals surface area contributed by atoms with Crippen LogP contribution < -0.4 is 11.5 Å². The van der Waals surface area contributed by atoms with Crippen molar-refractivity contribution in [3.8, 4) is 0 Å². The van der Waals surface area contributed by atoms with Crippen LogP contribution in [0.15, 0.2) is 0 Å². The third-order valence-electron chi connectivity index (χ3n) is 0. The summed E-state index contributed by atoms with van der Waals surface area (Å²) < 4.78 is 0. The maximum Gasteiger partial charge on any atom is 0.214 e. The Morgan fingerprint density at radius 3 is 1.71 bits per heavy atom. The van der Waals surface area contributed by atoms with Crippen molar-refractivity contribution in [2.24, 2.45) is 11.5 Å². The molecule has 4 heteroatoms. The van der Waals surface area contributed by atoms with Gasteiger partial charge in [0.2, 0.25) is 12.3 Å². The van der Waals surface area contributed by atoms with E-state index < -0.39 is 0 Å². The molecule has 0 aliphatic rings. The number of hydrogen-bond acceptors (Lipinski definition) is 2. The van der Waals surface area contributed by atoms with Crippen molar-refractivity contribution in [1.82, 2.24) is 0 Å². The Hall–Kier alpha value is -1.06. The predicted octanol–water partition coefficient (Wildman–Crippen LogP) is -1.41. The standard InChI is InChI=1S/C2H5NO.CH3NO/c1-2(3)4;2-1-3/h1H3,(H2,3,4);1H,(H2,2,3). The fourth-order valence-electron chi connectivity index (χ4n) is 0. The minimum absolute atomic E-state index is 0.250. The first-order valence-corrected chi connectivity index (χ1v) is 1.56. The average molecular weight is 104 g/mol. The summed E-state index contributed by atoms with van der Waals surface area (Å²) in [4.78, 5) is 17.8. The molecule has 0 heterocycles. The van der Waals surface area contributed by atoms with Crippen molar-refractivity contribution in [3.05, 3.63) is 0 Å². The van der Waals surface area contributed by atoms with E-state index in [1.54, 1.807) is 0 Å². The topological polar surface area (TPSA) is 86.2 Å². The molecule has 2 amide bonds. The van der Waals surface area contributed by atoms with E-state index >= 15 is 0 Å². The van der Waals surface area contributed by atoms with E-state index in [0.29, 0.717) is 0 Å². The zero-order chi connectivity index (χ0) is 6.28. The Morgan fingerprint density at radius 2 is 1.71 bits per heavy atom. The van der Waals surface area contributed by atoms with Crippen molar-refractivity contribution in [1.29, 1.82) is 0 Å². The Morgan fingerprint density at radius 1 is 1.71 bits per heavy atom. The van der Waals surface area contributed by atoms with E-state index in [2.05, 4.69) is 11.5 Å². The lowest BCUT2D eigenvalue weighted by Crippen LogP contribution is -2.01. The van der Waals surface area contributed by atoms with Crippen LogP contribution in [0.2, 0.25) is 0 Å². The van der Waals surface area contributed by atoms with Crippen LogP contribution in [-0.2, 0) is 9.59 Å². The van der Waals surface area contributed by atoms with Gasteiger partial charge >= 0.3 is 0 Å². The van der Waals surface area contributed by atoms with Crippen LogP contribution in [0.5, 0.6) is 0 Å². The summed E-state index contributed by atoms with van der Waals surface area (Å²) in [5.74, 6) is -0.333. The second-order valence-electron chi connectivity index (χ2n) is 0.747. The lowest BCUT2D eigenvalue weighted by molar-refractivity contribution is -0.116. The van der Waals surface area contributed by atoms with E-state index in [-0.39, 0.29) is 12.3 Å². The van der Waals surface area contributed by atoms with Crippen LogP contribution in [0.25, 0.3) is 0 Å². The van der Waals surface area contributed by atoms with Gasteiger partial charge in [0.1, 0.15) is 0 Å². The minimum atomic E-state index is -0.333. The molecule has 4 N–H and O–H groups in total. The van der Waals surface area contributed by atoms with Gasteiger partial charge in [-0.3, -0.25) is 9.59 Å². The Bertz CT molecular complexity index is 58.0. The first-order chi connectivity index (χ1) is 3.15. The maximum atomic E-state index is 9.22. The normalized spacial score (nSPS) is 5.29. The van der Waals surface area contributed by atoms with Crippen LogP contribution in [-0.4, -0.2) is 12.3 Å². The zero-order valence-corrected chi connectivity index (χ0v) is 4.05. The molecule has 7 heavy (non-hydrogen) atoms. The molecule has 0 spiro atoms. The van der Waals surface area contributed by atoms with Gasteiger partial charge in [-0.2, -0.15) is 0 Å². The number of rotatable bonds is 0. The lowest BCUT2D eigenvalue weighted by atomic mass is 10.8. The minimum Gasteiger partial charge on any atom is -0.372 e. The van der Waals surface area contributed by atoms with E-state index in [9.17, 15) is 4.79 Å². The molecule has 0 aromatic carbocycles. The molecule has 0 atom stereocenters. The second kappa shape index (κ2) is 8.87. The number of amides is 2. The Balaban J connectivity index is 0. The van der Waals surface area contributed by atoms with Gasteiger partial charge < -0.3 is 11.5 Å². The van der Waals surface area contributed by atoms with E-state index in [1.165, 1.54) is 6.92 Å². The van der Waals surface area contributed by atoms with Gasteiger partial charge in [0.25, 0.3) is 0 Å². The Kier molecular flexibility index (Phi) is 11.8. The molecular weight excluding hydrogens is 96.0 g/mol. The molecular formula is C3H8N2O2. The van der Waals surface area contributed by atoms with Crippen molar-refractivity contribution < 1.29 is 9.59 Å². The molecule has 0 aromatic rings. The van der Waals surface area contributed by atoms with Gasteiger partial charge in [0.05, 0.1) is 0 Å². The highest BCUT2D eigenvalue weighted by Crippen LogP contribution is 1.33. The summed E-state index contributed by atoms with van der Waals surface area (Å²) in [6, 6.07) is 0. The molecule has 0 aromatic heterocycles. The van der Waals surface area contributed by atoms with E-state index in [4.69, 9.17) is 4.79 Å². The molecule has 0 aliphatic heterocycles. The van der Waals surface area contributed by atoms with Gasteiger partial charge in [-0.25, -0.2) is 0 Å². The number of carbonyl (C=O) groups excluding carboxylic acids is 2. The van der Waals surface area contributed by atoms with Gasteiger partial charge in [-0.15, -0.1) is 0 Å². The van der Waals surface area contributed by atoms with Crippen molar-refractivity contribution in [3.63, 3.8) is 0 Å². The maximum absolute atomic E-state index is 9.22. The Labute approximate surface area is 41.5 Å². The van der Waals surface area contributed by atoms with Crippen molar-refractivity contribution in [2.75, 3.05) is 0 Å². The quantitative estimate of drug-likeness (QED) is 0.370. The smallest absolute Gasteiger partial charge is 0.214 e. The molecule has 42 valence electrons. The molecule has 4 nitrogen and oxygen atoms in total. The highest BCUT2D eigenvalue weighted by Gasteiger charge is 1.61. The van der Waals surface area contributed by atoms with Gasteiger partial charge in [-0.05, 0) is 0 Å². The van der Waals surface area contributed by atoms with E-state index in [0.717, 1.165) is 0 Å². The van der Waals surface area contributed by atoms with Crippen molar-refractivity contribution in [2.45, 2.75) is 6.92 Å². The summed E-state index contributed by atoms with van der Waals surface area (Å²) >= 11 is 0. The summed E-state index contributed by atoms with van der Waals surface area (Å²) in [6.07, 6.45) is 0.250. The second-order valence-corrected chi connectivity index (χ2v) is 0.747. The van der Waals surface area contributed by atoms with Gasteiger partial charge in [0.15, 0.2) is 0 Å². The number of carbonyl (C=O) groups is 2.